The van der Waals surface area contributed by atoms with Gasteiger partial charge in [0.05, 0.1) is 23.8 Å². The van der Waals surface area contributed by atoms with Crippen LogP contribution in [0.2, 0.25) is 5.02 Å². The number of pyridine rings is 1. The van der Waals surface area contributed by atoms with E-state index in [1.807, 2.05) is 42.6 Å². The summed E-state index contributed by atoms with van der Waals surface area (Å²) in [5, 5.41) is 1.60. The van der Waals surface area contributed by atoms with Gasteiger partial charge in [0, 0.05) is 17.0 Å². The summed E-state index contributed by atoms with van der Waals surface area (Å²) in [5.41, 5.74) is 3.93. The molecule has 0 amide bonds. The molecule has 26 heavy (non-hydrogen) atoms. The molecule has 0 fully saturated rings. The highest BCUT2D eigenvalue weighted by Gasteiger charge is 2.12. The fourth-order valence-electron chi connectivity index (χ4n) is 2.76. The van der Waals surface area contributed by atoms with Crippen LogP contribution in [0.5, 0.6) is 0 Å². The van der Waals surface area contributed by atoms with Gasteiger partial charge < -0.3 is 4.57 Å². The lowest BCUT2D eigenvalue weighted by Gasteiger charge is -2.09. The Morgan fingerprint density at radius 3 is 2.69 bits per heavy atom. The molecule has 0 aliphatic rings. The minimum Gasteiger partial charge on any atom is -0.313 e. The van der Waals surface area contributed by atoms with Gasteiger partial charge in [-0.25, -0.2) is 9.37 Å². The van der Waals surface area contributed by atoms with Crippen LogP contribution in [0.15, 0.2) is 72.1 Å². The molecule has 0 aliphatic heterocycles. The standard InChI is InChI=1S/C20H15ClFN3S/c21-16-6-4-14(5-7-16)12-25-19-11-23-9-8-18(19)24-20(25)26-13-15-2-1-3-17(22)10-15/h1-11H,12-13H2. The summed E-state index contributed by atoms with van der Waals surface area (Å²) in [7, 11) is 0. The molecule has 0 unspecified atom stereocenters. The maximum atomic E-state index is 13.4. The smallest absolute Gasteiger partial charge is 0.169 e. The van der Waals surface area contributed by atoms with Crippen molar-refractivity contribution in [3.05, 3.63) is 89.0 Å². The highest BCUT2D eigenvalue weighted by atomic mass is 35.5. The van der Waals surface area contributed by atoms with Crippen molar-refractivity contribution >= 4 is 34.4 Å². The molecule has 2 aromatic carbocycles. The van der Waals surface area contributed by atoms with Gasteiger partial charge in [-0.15, -0.1) is 0 Å². The molecule has 0 saturated heterocycles. The van der Waals surface area contributed by atoms with Crippen LogP contribution in [0.3, 0.4) is 0 Å². The number of rotatable bonds is 5. The SMILES string of the molecule is Fc1cccc(CSc2nc3ccncc3n2Cc2ccc(Cl)cc2)c1. The zero-order chi connectivity index (χ0) is 17.9. The fourth-order valence-corrected chi connectivity index (χ4v) is 3.84. The first-order chi connectivity index (χ1) is 12.7. The van der Waals surface area contributed by atoms with Crippen LogP contribution in [-0.2, 0) is 12.3 Å². The first-order valence-electron chi connectivity index (χ1n) is 8.11. The number of imidazole rings is 1. The summed E-state index contributed by atoms with van der Waals surface area (Å²) < 4.78 is 15.5. The molecule has 0 radical (unpaired) electrons. The Hall–Kier alpha value is -2.37. The predicted octanol–water partition coefficient (Wildman–Crippen LogP) is 5.56. The average molecular weight is 384 g/mol. The molecule has 0 aliphatic carbocycles. The third kappa shape index (κ3) is 3.74. The highest BCUT2D eigenvalue weighted by Crippen LogP contribution is 2.27. The summed E-state index contributed by atoms with van der Waals surface area (Å²) in [6, 6.07) is 16.3. The number of fused-ring (bicyclic) bond motifs is 1. The first kappa shape index (κ1) is 17.1. The molecular weight excluding hydrogens is 369 g/mol. The van der Waals surface area contributed by atoms with E-state index in [0.29, 0.717) is 17.3 Å². The monoisotopic (exact) mass is 383 g/mol. The molecule has 130 valence electrons. The number of aromatic nitrogens is 3. The van der Waals surface area contributed by atoms with E-state index in [0.717, 1.165) is 27.3 Å². The van der Waals surface area contributed by atoms with E-state index in [2.05, 4.69) is 9.55 Å². The van der Waals surface area contributed by atoms with Crippen LogP contribution in [-0.4, -0.2) is 14.5 Å². The quantitative estimate of drug-likeness (QED) is 0.422. The lowest BCUT2D eigenvalue weighted by Crippen LogP contribution is -2.02. The van der Waals surface area contributed by atoms with Gasteiger partial charge in [-0.1, -0.05) is 47.6 Å². The lowest BCUT2D eigenvalue weighted by molar-refractivity contribution is 0.626. The summed E-state index contributed by atoms with van der Waals surface area (Å²) in [4.78, 5) is 8.96. The fraction of sp³-hybridized carbons (Fsp3) is 0.100. The molecule has 0 atom stereocenters. The Morgan fingerprint density at radius 2 is 1.88 bits per heavy atom. The third-order valence-electron chi connectivity index (χ3n) is 4.03. The second kappa shape index (κ2) is 7.48. The van der Waals surface area contributed by atoms with Crippen molar-refractivity contribution in [1.82, 2.24) is 14.5 Å². The maximum absolute atomic E-state index is 13.4. The van der Waals surface area contributed by atoms with Gasteiger partial charge in [-0.2, -0.15) is 0 Å². The largest absolute Gasteiger partial charge is 0.313 e. The molecule has 0 spiro atoms. The maximum Gasteiger partial charge on any atom is 0.169 e. The summed E-state index contributed by atoms with van der Waals surface area (Å²) >= 11 is 7.57. The molecule has 3 nitrogen and oxygen atoms in total. The van der Waals surface area contributed by atoms with Gasteiger partial charge in [0.25, 0.3) is 0 Å². The van der Waals surface area contributed by atoms with Crippen molar-refractivity contribution in [1.29, 1.82) is 0 Å². The van der Waals surface area contributed by atoms with E-state index in [1.54, 1.807) is 30.1 Å². The molecule has 2 heterocycles. The molecule has 4 aromatic rings. The molecule has 2 aromatic heterocycles. The van der Waals surface area contributed by atoms with Crippen molar-refractivity contribution < 1.29 is 4.39 Å². The minimum absolute atomic E-state index is 0.220. The van der Waals surface area contributed by atoms with Crippen molar-refractivity contribution in [2.75, 3.05) is 0 Å². The van der Waals surface area contributed by atoms with Crippen LogP contribution in [0.4, 0.5) is 4.39 Å². The topological polar surface area (TPSA) is 30.7 Å². The van der Waals surface area contributed by atoms with Crippen LogP contribution >= 0.6 is 23.4 Å². The molecule has 6 heteroatoms. The number of benzene rings is 2. The Bertz CT molecular complexity index is 1050. The van der Waals surface area contributed by atoms with Crippen LogP contribution in [0.1, 0.15) is 11.1 Å². The van der Waals surface area contributed by atoms with E-state index < -0.39 is 0 Å². The number of halogens is 2. The highest BCUT2D eigenvalue weighted by molar-refractivity contribution is 7.98. The second-order valence-electron chi connectivity index (χ2n) is 5.89. The van der Waals surface area contributed by atoms with Crippen LogP contribution < -0.4 is 0 Å². The molecule has 4 rings (SSSR count). The van der Waals surface area contributed by atoms with Crippen LogP contribution in [0, 0.1) is 5.82 Å². The number of hydrogen-bond donors (Lipinski definition) is 0. The third-order valence-corrected chi connectivity index (χ3v) is 5.33. The van der Waals surface area contributed by atoms with Gasteiger partial charge in [-0.05, 0) is 41.5 Å². The predicted molar refractivity (Wildman–Crippen MR) is 104 cm³/mol. The summed E-state index contributed by atoms with van der Waals surface area (Å²) in [6.45, 7) is 0.671. The van der Waals surface area contributed by atoms with Gasteiger partial charge in [0.2, 0.25) is 0 Å². The Labute approximate surface area is 159 Å². The molecule has 0 bridgehead atoms. The van der Waals surface area contributed by atoms with Gasteiger partial charge in [0.15, 0.2) is 5.16 Å². The number of hydrogen-bond acceptors (Lipinski definition) is 3. The zero-order valence-corrected chi connectivity index (χ0v) is 15.3. The Kier molecular flexibility index (Phi) is 4.91. The molecule has 0 N–H and O–H groups in total. The number of thioether (sulfide) groups is 1. The van der Waals surface area contributed by atoms with E-state index >= 15 is 0 Å². The van der Waals surface area contributed by atoms with Crippen molar-refractivity contribution in [2.45, 2.75) is 17.5 Å². The van der Waals surface area contributed by atoms with Crippen molar-refractivity contribution in [3.8, 4) is 0 Å². The van der Waals surface area contributed by atoms with Crippen LogP contribution in [0.25, 0.3) is 11.0 Å². The Balaban J connectivity index is 1.65. The average Bonchev–Trinajstić information content (AvgIpc) is 3.00. The van der Waals surface area contributed by atoms with Crippen molar-refractivity contribution in [3.63, 3.8) is 0 Å². The zero-order valence-electron chi connectivity index (χ0n) is 13.8. The van der Waals surface area contributed by atoms with E-state index in [1.165, 1.54) is 6.07 Å². The number of nitrogens with zero attached hydrogens (tertiary/aromatic N) is 3. The molecule has 0 saturated carbocycles. The normalized spacial score (nSPS) is 11.2. The Morgan fingerprint density at radius 1 is 1.04 bits per heavy atom. The summed E-state index contributed by atoms with van der Waals surface area (Å²) in [5.74, 6) is 0.428. The summed E-state index contributed by atoms with van der Waals surface area (Å²) in [6.07, 6.45) is 3.56. The van der Waals surface area contributed by atoms with E-state index in [4.69, 9.17) is 16.6 Å². The lowest BCUT2D eigenvalue weighted by atomic mass is 10.2. The van der Waals surface area contributed by atoms with Gasteiger partial charge in [-0.3, -0.25) is 4.98 Å². The van der Waals surface area contributed by atoms with Gasteiger partial charge in [0.1, 0.15) is 5.82 Å². The minimum atomic E-state index is -0.220. The van der Waals surface area contributed by atoms with Crippen molar-refractivity contribution in [2.24, 2.45) is 0 Å². The van der Waals surface area contributed by atoms with E-state index in [-0.39, 0.29) is 5.82 Å². The van der Waals surface area contributed by atoms with E-state index in [9.17, 15) is 4.39 Å². The first-order valence-corrected chi connectivity index (χ1v) is 9.47. The van der Waals surface area contributed by atoms with Gasteiger partial charge >= 0.3 is 0 Å². The molecular formula is C20H15ClFN3S. The second-order valence-corrected chi connectivity index (χ2v) is 7.27.